The van der Waals surface area contributed by atoms with E-state index in [4.69, 9.17) is 14.5 Å². The molecule has 0 saturated heterocycles. The minimum absolute atomic E-state index is 0.562. The van der Waals surface area contributed by atoms with Gasteiger partial charge in [-0.25, -0.2) is 19.2 Å². The van der Waals surface area contributed by atoms with Gasteiger partial charge in [0.2, 0.25) is 0 Å². The van der Waals surface area contributed by atoms with E-state index < -0.39 is 0 Å². The SMILES string of the molecule is COc1cc(OC)cc(-c2nc3c4cnn(Cc5ccccc5)c4ncn3n2)c1. The first-order chi connectivity index (χ1) is 14.2. The zero-order valence-electron chi connectivity index (χ0n) is 16.0. The molecule has 0 aliphatic carbocycles. The van der Waals surface area contributed by atoms with Gasteiger partial charge in [0.05, 0.1) is 32.3 Å². The maximum atomic E-state index is 5.36. The van der Waals surface area contributed by atoms with Gasteiger partial charge in [0.15, 0.2) is 17.1 Å². The minimum Gasteiger partial charge on any atom is -0.497 e. The number of rotatable bonds is 5. The van der Waals surface area contributed by atoms with E-state index in [2.05, 4.69) is 27.3 Å². The van der Waals surface area contributed by atoms with Crippen LogP contribution in [-0.2, 0) is 6.54 Å². The number of aromatic nitrogens is 6. The Morgan fingerprint density at radius 3 is 2.41 bits per heavy atom. The molecule has 0 bridgehead atoms. The Balaban J connectivity index is 1.60. The van der Waals surface area contributed by atoms with Crippen LogP contribution in [0.2, 0.25) is 0 Å². The molecule has 8 nitrogen and oxygen atoms in total. The van der Waals surface area contributed by atoms with Crippen molar-refractivity contribution >= 4 is 16.7 Å². The summed E-state index contributed by atoms with van der Waals surface area (Å²) in [5.74, 6) is 1.92. The zero-order chi connectivity index (χ0) is 19.8. The first-order valence-corrected chi connectivity index (χ1v) is 9.09. The Kier molecular flexibility index (Phi) is 4.09. The van der Waals surface area contributed by atoms with Gasteiger partial charge < -0.3 is 9.47 Å². The molecule has 144 valence electrons. The van der Waals surface area contributed by atoms with Crippen LogP contribution in [0.1, 0.15) is 5.56 Å². The van der Waals surface area contributed by atoms with E-state index >= 15 is 0 Å². The van der Waals surface area contributed by atoms with Gasteiger partial charge in [0.1, 0.15) is 17.8 Å². The van der Waals surface area contributed by atoms with Gasteiger partial charge in [-0.3, -0.25) is 0 Å². The second-order valence-electron chi connectivity index (χ2n) is 6.57. The van der Waals surface area contributed by atoms with Crippen LogP contribution >= 0.6 is 0 Å². The number of ether oxygens (including phenoxy) is 2. The topological polar surface area (TPSA) is 79.4 Å². The maximum Gasteiger partial charge on any atom is 0.182 e. The van der Waals surface area contributed by atoms with E-state index in [-0.39, 0.29) is 0 Å². The third kappa shape index (κ3) is 3.04. The van der Waals surface area contributed by atoms with Gasteiger partial charge in [0.25, 0.3) is 0 Å². The van der Waals surface area contributed by atoms with Crippen molar-refractivity contribution in [1.82, 2.24) is 29.4 Å². The van der Waals surface area contributed by atoms with Crippen LogP contribution in [0.5, 0.6) is 11.5 Å². The van der Waals surface area contributed by atoms with Crippen LogP contribution in [0, 0.1) is 0 Å². The molecular weight excluding hydrogens is 368 g/mol. The summed E-state index contributed by atoms with van der Waals surface area (Å²) < 4.78 is 14.2. The van der Waals surface area contributed by atoms with E-state index in [1.807, 2.05) is 41.1 Å². The smallest absolute Gasteiger partial charge is 0.182 e. The summed E-state index contributed by atoms with van der Waals surface area (Å²) in [7, 11) is 3.23. The fraction of sp³-hybridized carbons (Fsp3) is 0.143. The Morgan fingerprint density at radius 2 is 1.69 bits per heavy atom. The van der Waals surface area contributed by atoms with E-state index in [1.165, 1.54) is 0 Å². The monoisotopic (exact) mass is 386 g/mol. The second-order valence-corrected chi connectivity index (χ2v) is 6.57. The molecule has 0 aliphatic heterocycles. The van der Waals surface area contributed by atoms with Crippen LogP contribution in [0.15, 0.2) is 61.1 Å². The van der Waals surface area contributed by atoms with Crippen molar-refractivity contribution in [2.75, 3.05) is 14.2 Å². The van der Waals surface area contributed by atoms with Crippen molar-refractivity contribution in [3.8, 4) is 22.9 Å². The van der Waals surface area contributed by atoms with Gasteiger partial charge in [-0.2, -0.15) is 5.10 Å². The lowest BCUT2D eigenvalue weighted by molar-refractivity contribution is 0.394. The highest BCUT2D eigenvalue weighted by Crippen LogP contribution is 2.29. The van der Waals surface area contributed by atoms with Crippen LogP contribution in [0.4, 0.5) is 0 Å². The molecule has 5 aromatic rings. The maximum absolute atomic E-state index is 5.36. The van der Waals surface area contributed by atoms with E-state index in [0.717, 1.165) is 22.2 Å². The van der Waals surface area contributed by atoms with Gasteiger partial charge in [0, 0.05) is 11.6 Å². The van der Waals surface area contributed by atoms with Gasteiger partial charge in [-0.05, 0) is 17.7 Å². The first-order valence-electron chi connectivity index (χ1n) is 9.09. The quantitative estimate of drug-likeness (QED) is 0.461. The largest absolute Gasteiger partial charge is 0.497 e. The number of fused-ring (bicyclic) bond motifs is 3. The molecule has 0 N–H and O–H groups in total. The molecule has 0 spiro atoms. The highest BCUT2D eigenvalue weighted by molar-refractivity contribution is 5.89. The molecule has 0 amide bonds. The number of methoxy groups -OCH3 is 2. The lowest BCUT2D eigenvalue weighted by atomic mass is 10.2. The molecule has 0 aliphatic rings. The average molecular weight is 386 g/mol. The number of nitrogens with zero attached hydrogens (tertiary/aromatic N) is 6. The van der Waals surface area contributed by atoms with Crippen molar-refractivity contribution in [3.63, 3.8) is 0 Å². The van der Waals surface area contributed by atoms with E-state index in [9.17, 15) is 0 Å². The first kappa shape index (κ1) is 17.2. The molecule has 0 saturated carbocycles. The van der Waals surface area contributed by atoms with Crippen molar-refractivity contribution in [3.05, 3.63) is 66.6 Å². The van der Waals surface area contributed by atoms with Crippen molar-refractivity contribution in [2.24, 2.45) is 0 Å². The predicted molar refractivity (Wildman–Crippen MR) is 108 cm³/mol. The zero-order valence-corrected chi connectivity index (χ0v) is 16.0. The fourth-order valence-corrected chi connectivity index (χ4v) is 3.30. The van der Waals surface area contributed by atoms with Crippen LogP contribution in [-0.4, -0.2) is 43.6 Å². The Labute approximate surface area is 166 Å². The minimum atomic E-state index is 0.562. The molecule has 29 heavy (non-hydrogen) atoms. The summed E-state index contributed by atoms with van der Waals surface area (Å²) in [4.78, 5) is 9.28. The van der Waals surface area contributed by atoms with Crippen molar-refractivity contribution < 1.29 is 9.47 Å². The summed E-state index contributed by atoms with van der Waals surface area (Å²) in [6.45, 7) is 0.640. The average Bonchev–Trinajstić information content (AvgIpc) is 3.38. The molecule has 0 atom stereocenters. The lowest BCUT2D eigenvalue weighted by Gasteiger charge is -2.05. The van der Waals surface area contributed by atoms with Gasteiger partial charge >= 0.3 is 0 Å². The van der Waals surface area contributed by atoms with Gasteiger partial charge in [-0.15, -0.1) is 5.10 Å². The molecule has 0 unspecified atom stereocenters. The molecule has 3 heterocycles. The van der Waals surface area contributed by atoms with Crippen LogP contribution in [0.25, 0.3) is 28.1 Å². The summed E-state index contributed by atoms with van der Waals surface area (Å²) in [6.07, 6.45) is 3.44. The molecule has 0 fully saturated rings. The summed E-state index contributed by atoms with van der Waals surface area (Å²) in [5, 5.41) is 9.93. The van der Waals surface area contributed by atoms with Crippen molar-refractivity contribution in [2.45, 2.75) is 6.54 Å². The molecule has 3 aromatic heterocycles. The summed E-state index contributed by atoms with van der Waals surface area (Å²) in [6, 6.07) is 15.7. The van der Waals surface area contributed by atoms with Crippen molar-refractivity contribution in [1.29, 1.82) is 0 Å². The molecule has 2 aromatic carbocycles. The lowest BCUT2D eigenvalue weighted by Crippen LogP contribution is -2.03. The number of hydrogen-bond acceptors (Lipinski definition) is 6. The highest BCUT2D eigenvalue weighted by Gasteiger charge is 2.15. The molecular formula is C21H18N6O2. The normalized spacial score (nSPS) is 11.2. The van der Waals surface area contributed by atoms with E-state index in [0.29, 0.717) is 29.5 Å². The third-order valence-corrected chi connectivity index (χ3v) is 4.76. The second kappa shape index (κ2) is 6.90. The summed E-state index contributed by atoms with van der Waals surface area (Å²) in [5.41, 5.74) is 3.43. The summed E-state index contributed by atoms with van der Waals surface area (Å²) >= 11 is 0. The Hall–Kier alpha value is -3.94. The molecule has 5 rings (SSSR count). The highest BCUT2D eigenvalue weighted by atomic mass is 16.5. The Morgan fingerprint density at radius 1 is 0.931 bits per heavy atom. The van der Waals surface area contributed by atoms with Crippen LogP contribution in [0.3, 0.4) is 0 Å². The standard InChI is InChI=1S/C21H18N6O2/c1-28-16-8-15(9-17(10-16)29-2)19-24-21-18-11-23-26(12-14-6-4-3-5-7-14)20(18)22-13-27(21)25-19/h3-11,13H,12H2,1-2H3. The van der Waals surface area contributed by atoms with Crippen LogP contribution < -0.4 is 9.47 Å². The number of hydrogen-bond donors (Lipinski definition) is 0. The predicted octanol–water partition coefficient (Wildman–Crippen LogP) is 3.21. The van der Waals surface area contributed by atoms with E-state index in [1.54, 1.807) is 31.3 Å². The van der Waals surface area contributed by atoms with Gasteiger partial charge in [-0.1, -0.05) is 30.3 Å². The Bertz CT molecular complexity index is 1290. The molecule has 0 radical (unpaired) electrons. The number of benzene rings is 2. The molecule has 8 heteroatoms. The third-order valence-electron chi connectivity index (χ3n) is 4.76. The fourth-order valence-electron chi connectivity index (χ4n) is 3.30.